The summed E-state index contributed by atoms with van der Waals surface area (Å²) in [6, 6.07) is -0.954. The largest absolute Gasteiger partial charge is 0.480 e. The lowest BCUT2D eigenvalue weighted by Gasteiger charge is -2.26. The maximum atomic E-state index is 10.4. The SMILES string of the molecule is CC(OC(C)(C)C)[C@H](N)C(=O)O.Cl. The fraction of sp³-hybridized carbons (Fsp3) is 0.875. The van der Waals surface area contributed by atoms with Crippen LogP contribution in [0, 0.1) is 0 Å². The molecule has 0 aliphatic carbocycles. The lowest BCUT2D eigenvalue weighted by Crippen LogP contribution is -2.44. The molecule has 0 fully saturated rings. The molecule has 2 atom stereocenters. The second-order valence-corrected chi connectivity index (χ2v) is 3.80. The highest BCUT2D eigenvalue weighted by molar-refractivity contribution is 5.85. The first-order valence-electron chi connectivity index (χ1n) is 3.90. The summed E-state index contributed by atoms with van der Waals surface area (Å²) in [6.07, 6.45) is -0.470. The number of rotatable bonds is 3. The van der Waals surface area contributed by atoms with Gasteiger partial charge in [-0.1, -0.05) is 0 Å². The molecule has 0 aromatic carbocycles. The van der Waals surface area contributed by atoms with Gasteiger partial charge in [0, 0.05) is 0 Å². The topological polar surface area (TPSA) is 72.5 Å². The predicted molar refractivity (Wildman–Crippen MR) is 53.2 cm³/mol. The summed E-state index contributed by atoms with van der Waals surface area (Å²) < 4.78 is 5.35. The first-order chi connectivity index (χ1) is 5.24. The van der Waals surface area contributed by atoms with Crippen LogP contribution in [0.25, 0.3) is 0 Å². The molecule has 0 amide bonds. The van der Waals surface area contributed by atoms with Crippen LogP contribution in [0.5, 0.6) is 0 Å². The van der Waals surface area contributed by atoms with E-state index in [4.69, 9.17) is 15.6 Å². The Morgan fingerprint density at radius 2 is 1.85 bits per heavy atom. The molecule has 0 radical (unpaired) electrons. The Morgan fingerprint density at radius 1 is 1.46 bits per heavy atom. The summed E-state index contributed by atoms with van der Waals surface area (Å²) in [7, 11) is 0. The van der Waals surface area contributed by atoms with Crippen LogP contribution in [0.1, 0.15) is 27.7 Å². The van der Waals surface area contributed by atoms with Crippen LogP contribution < -0.4 is 5.73 Å². The van der Waals surface area contributed by atoms with E-state index < -0.39 is 18.1 Å². The third-order valence-electron chi connectivity index (χ3n) is 1.33. The van der Waals surface area contributed by atoms with Crippen LogP contribution in [-0.2, 0) is 9.53 Å². The molecule has 5 heteroatoms. The van der Waals surface area contributed by atoms with Crippen molar-refractivity contribution >= 4 is 18.4 Å². The number of nitrogens with two attached hydrogens (primary N) is 1. The molecule has 3 N–H and O–H groups in total. The Balaban J connectivity index is 0. The number of halogens is 1. The van der Waals surface area contributed by atoms with Gasteiger partial charge in [0.25, 0.3) is 0 Å². The molecule has 0 spiro atoms. The highest BCUT2D eigenvalue weighted by Crippen LogP contribution is 2.11. The van der Waals surface area contributed by atoms with Crippen LogP contribution in [0.4, 0.5) is 0 Å². The van der Waals surface area contributed by atoms with Crippen LogP contribution in [0.15, 0.2) is 0 Å². The molecule has 0 aromatic rings. The van der Waals surface area contributed by atoms with Gasteiger partial charge in [0.1, 0.15) is 6.04 Å². The molecule has 0 heterocycles. The van der Waals surface area contributed by atoms with Crippen molar-refractivity contribution in [1.29, 1.82) is 0 Å². The molecule has 0 bridgehead atoms. The molecule has 0 aliphatic rings. The van der Waals surface area contributed by atoms with E-state index in [-0.39, 0.29) is 18.0 Å². The molecule has 0 rings (SSSR count). The summed E-state index contributed by atoms with van der Waals surface area (Å²) in [6.45, 7) is 7.23. The van der Waals surface area contributed by atoms with E-state index in [9.17, 15) is 4.79 Å². The summed E-state index contributed by atoms with van der Waals surface area (Å²) in [5, 5.41) is 8.54. The van der Waals surface area contributed by atoms with Crippen molar-refractivity contribution in [2.45, 2.75) is 45.4 Å². The third kappa shape index (κ3) is 6.81. The van der Waals surface area contributed by atoms with Gasteiger partial charge in [-0.05, 0) is 27.7 Å². The maximum Gasteiger partial charge on any atom is 0.323 e. The number of ether oxygens (including phenoxy) is 1. The average Bonchev–Trinajstić information content (AvgIpc) is 1.82. The molecule has 0 saturated heterocycles. The smallest absolute Gasteiger partial charge is 0.323 e. The molecular weight excluding hydrogens is 194 g/mol. The number of hydrogen-bond donors (Lipinski definition) is 2. The van der Waals surface area contributed by atoms with Gasteiger partial charge in [0.15, 0.2) is 0 Å². The Labute approximate surface area is 84.9 Å². The molecule has 0 aliphatic heterocycles. The van der Waals surface area contributed by atoms with E-state index in [0.29, 0.717) is 0 Å². The molecule has 13 heavy (non-hydrogen) atoms. The third-order valence-corrected chi connectivity index (χ3v) is 1.33. The van der Waals surface area contributed by atoms with Crippen LogP contribution in [-0.4, -0.2) is 28.8 Å². The normalized spacial score (nSPS) is 15.8. The molecular formula is C8H18ClNO3. The van der Waals surface area contributed by atoms with Crippen LogP contribution in [0.3, 0.4) is 0 Å². The van der Waals surface area contributed by atoms with Gasteiger partial charge in [0.05, 0.1) is 11.7 Å². The van der Waals surface area contributed by atoms with Gasteiger partial charge in [-0.3, -0.25) is 4.79 Å². The molecule has 0 aromatic heterocycles. The van der Waals surface area contributed by atoms with E-state index in [1.165, 1.54) is 0 Å². The zero-order chi connectivity index (χ0) is 9.94. The molecule has 80 valence electrons. The van der Waals surface area contributed by atoms with E-state index in [0.717, 1.165) is 0 Å². The Morgan fingerprint density at radius 3 is 2.08 bits per heavy atom. The van der Waals surface area contributed by atoms with Gasteiger partial charge in [-0.2, -0.15) is 0 Å². The Bertz CT molecular complexity index is 167. The summed E-state index contributed by atoms with van der Waals surface area (Å²) in [4.78, 5) is 10.4. The first kappa shape index (κ1) is 15.2. The minimum atomic E-state index is -1.04. The van der Waals surface area contributed by atoms with Gasteiger partial charge in [-0.25, -0.2) is 0 Å². The highest BCUT2D eigenvalue weighted by atomic mass is 35.5. The minimum Gasteiger partial charge on any atom is -0.480 e. The lowest BCUT2D eigenvalue weighted by molar-refractivity contribution is -0.145. The second-order valence-electron chi connectivity index (χ2n) is 3.80. The predicted octanol–water partition coefficient (Wildman–Crippen LogP) is 1.02. The fourth-order valence-electron chi connectivity index (χ4n) is 0.832. The zero-order valence-electron chi connectivity index (χ0n) is 8.40. The lowest BCUT2D eigenvalue weighted by atomic mass is 10.1. The molecule has 4 nitrogen and oxygen atoms in total. The van der Waals surface area contributed by atoms with E-state index >= 15 is 0 Å². The maximum absolute atomic E-state index is 10.4. The fourth-order valence-corrected chi connectivity index (χ4v) is 0.832. The van der Waals surface area contributed by atoms with Crippen LogP contribution >= 0.6 is 12.4 Å². The Hall–Kier alpha value is -0.320. The minimum absolute atomic E-state index is 0. The highest BCUT2D eigenvalue weighted by Gasteiger charge is 2.24. The van der Waals surface area contributed by atoms with Crippen molar-refractivity contribution in [3.05, 3.63) is 0 Å². The number of carbonyl (C=O) groups is 1. The van der Waals surface area contributed by atoms with Crippen LogP contribution in [0.2, 0.25) is 0 Å². The van der Waals surface area contributed by atoms with Crippen molar-refractivity contribution in [3.8, 4) is 0 Å². The van der Waals surface area contributed by atoms with Gasteiger partial charge >= 0.3 is 5.97 Å². The second kappa shape index (κ2) is 5.42. The number of carboxylic acid groups (broad SMARTS) is 1. The monoisotopic (exact) mass is 211 g/mol. The molecule has 1 unspecified atom stereocenters. The van der Waals surface area contributed by atoms with Crippen molar-refractivity contribution in [1.82, 2.24) is 0 Å². The van der Waals surface area contributed by atoms with E-state index in [1.807, 2.05) is 20.8 Å². The van der Waals surface area contributed by atoms with Crippen molar-refractivity contribution < 1.29 is 14.6 Å². The summed E-state index contributed by atoms with van der Waals surface area (Å²) in [5.74, 6) is -1.04. The van der Waals surface area contributed by atoms with Crippen molar-refractivity contribution in [2.75, 3.05) is 0 Å². The average molecular weight is 212 g/mol. The first-order valence-corrected chi connectivity index (χ1v) is 3.90. The summed E-state index contributed by atoms with van der Waals surface area (Å²) in [5.41, 5.74) is 4.99. The van der Waals surface area contributed by atoms with Gasteiger partial charge in [0.2, 0.25) is 0 Å². The number of aliphatic carboxylic acids is 1. The quantitative estimate of drug-likeness (QED) is 0.731. The van der Waals surface area contributed by atoms with Gasteiger partial charge in [-0.15, -0.1) is 12.4 Å². The number of hydrogen-bond acceptors (Lipinski definition) is 3. The van der Waals surface area contributed by atoms with E-state index in [2.05, 4.69) is 0 Å². The zero-order valence-corrected chi connectivity index (χ0v) is 9.22. The van der Waals surface area contributed by atoms with Crippen molar-refractivity contribution in [3.63, 3.8) is 0 Å². The van der Waals surface area contributed by atoms with E-state index in [1.54, 1.807) is 6.92 Å². The summed E-state index contributed by atoms with van der Waals surface area (Å²) >= 11 is 0. The Kier molecular flexibility index (Phi) is 6.32. The van der Waals surface area contributed by atoms with Crippen molar-refractivity contribution in [2.24, 2.45) is 5.73 Å². The van der Waals surface area contributed by atoms with Gasteiger partial charge < -0.3 is 15.6 Å². The molecule has 0 saturated carbocycles. The standard InChI is InChI=1S/C8H17NO3.ClH/c1-5(6(9)7(10)11)12-8(2,3)4;/h5-6H,9H2,1-4H3,(H,10,11);1H/t5?,6-;/m0./s1. The number of carboxylic acids is 1.